The molecule has 0 atom stereocenters. The molecule has 14 heterocycles. The molecule has 36 heteroatoms. The second kappa shape index (κ2) is 38.5. The molecule has 134 heavy (non-hydrogen) atoms. The van der Waals surface area contributed by atoms with Crippen LogP contribution < -0.4 is 49.0 Å². The Labute approximate surface area is 744 Å². The minimum absolute atomic E-state index is 0.00954. The summed E-state index contributed by atoms with van der Waals surface area (Å²) in [4.78, 5) is 131. The summed E-state index contributed by atoms with van der Waals surface area (Å²) in [6, 6.07) is 61.9. The van der Waals surface area contributed by atoms with Gasteiger partial charge in [-0.15, -0.1) is 0 Å². The van der Waals surface area contributed by atoms with E-state index in [0.717, 1.165) is 18.3 Å². The van der Waals surface area contributed by atoms with Crippen LogP contribution >= 0.6 is 0 Å². The maximum atomic E-state index is 12.0. The molecule has 0 saturated heterocycles. The Morgan fingerprint density at radius 1 is 0.224 bits per heavy atom. The van der Waals surface area contributed by atoms with Gasteiger partial charge in [-0.25, -0.2) is 24.9 Å². The number of fused-ring (bicyclic) bond motifs is 7. The third kappa shape index (κ3) is 20.3. The van der Waals surface area contributed by atoms with Gasteiger partial charge in [-0.3, -0.25) is 43.2 Å². The molecule has 0 aliphatic heterocycles. The molecular weight excluding hydrogens is 1740 g/mol. The third-order valence-electron chi connectivity index (χ3n) is 19.3. The van der Waals surface area contributed by atoms with Crippen LogP contribution in [0.25, 0.3) is 157 Å². The lowest BCUT2D eigenvalue weighted by Gasteiger charge is -2.04. The van der Waals surface area contributed by atoms with Crippen molar-refractivity contribution >= 4 is 76.8 Å². The Morgan fingerprint density at radius 3 is 1.13 bits per heavy atom. The van der Waals surface area contributed by atoms with Gasteiger partial charge in [-0.05, 0) is 152 Å². The maximum Gasteiger partial charge on any atom is 0.290 e. The van der Waals surface area contributed by atoms with E-state index in [9.17, 15) is 110 Å². The molecule has 0 fully saturated rings. The fraction of sp³-hybridized carbons (Fsp3) is 0. The molecule has 0 aliphatic carbocycles. The van der Waals surface area contributed by atoms with Crippen molar-refractivity contribution in [2.75, 3.05) is 0 Å². The van der Waals surface area contributed by atoms with Crippen molar-refractivity contribution in [3.05, 3.63) is 384 Å². The van der Waals surface area contributed by atoms with E-state index in [-0.39, 0.29) is 181 Å². The molecule has 0 unspecified atom stereocenters. The molecule has 21 aromatic rings. The smallest absolute Gasteiger partial charge is 0.290 e. The minimum atomic E-state index is -0.631. The lowest BCUT2D eigenvalue weighted by Crippen LogP contribution is -2.07. The molecule has 0 aliphatic rings. The highest BCUT2D eigenvalue weighted by Gasteiger charge is 2.19. The largest absolute Gasteiger partial charge is 0.508 e. The van der Waals surface area contributed by atoms with Crippen LogP contribution in [0, 0.1) is 0 Å². The van der Waals surface area contributed by atoms with Crippen LogP contribution in [0.2, 0.25) is 0 Å². The van der Waals surface area contributed by atoms with E-state index >= 15 is 0 Å². The van der Waals surface area contributed by atoms with Gasteiger partial charge < -0.3 is 107 Å². The van der Waals surface area contributed by atoms with Gasteiger partial charge in [0.15, 0.2) is 101 Å². The van der Waals surface area contributed by atoms with Gasteiger partial charge in [0, 0.05) is 66.9 Å². The minimum Gasteiger partial charge on any atom is -0.508 e. The first-order valence-corrected chi connectivity index (χ1v) is 39.1. The van der Waals surface area contributed by atoms with Crippen molar-refractivity contribution in [2.24, 2.45) is 0 Å². The number of aromatic nitrogens is 7. The molecule has 0 spiro atoms. The average Bonchev–Trinajstić information content (AvgIpc) is 0.720. The zero-order valence-corrected chi connectivity index (χ0v) is 68.3. The number of rotatable bonds is 7. The number of aromatic hydroxyl groups is 13. The lowest BCUT2D eigenvalue weighted by atomic mass is 10.2. The number of phenolic OH excluding ortho intramolecular Hbond substituents is 5. The van der Waals surface area contributed by atoms with Gasteiger partial charge in [0.1, 0.15) is 130 Å². The molecule has 7 aromatic carbocycles. The first-order chi connectivity index (χ1) is 64.4. The number of para-hydroxylation sites is 3. The number of hydrogen-bond donors (Lipinski definition) is 15. The van der Waals surface area contributed by atoms with E-state index < -0.39 is 22.2 Å². The quantitative estimate of drug-likeness (QED) is 0.0704. The summed E-state index contributed by atoms with van der Waals surface area (Å²) >= 11 is 0. The number of hydrogen-bond acceptors (Lipinski definition) is 34. The Morgan fingerprint density at radius 2 is 0.604 bits per heavy atom. The highest BCUT2D eigenvalue weighted by atomic mass is 16.4. The van der Waals surface area contributed by atoms with E-state index in [0.29, 0.717) is 77.9 Å². The predicted octanol–water partition coefficient (Wildman–Crippen LogP) is 14.7. The van der Waals surface area contributed by atoms with Gasteiger partial charge in [0.2, 0.25) is 5.43 Å². The van der Waals surface area contributed by atoms with Crippen LogP contribution in [0.4, 0.5) is 0 Å². The van der Waals surface area contributed by atoms with Gasteiger partial charge in [0.05, 0.1) is 69.3 Å². The molecule has 0 saturated carbocycles. The first kappa shape index (κ1) is 88.9. The number of aromatic amines is 2. The number of benzene rings is 7. The molecule has 36 nitrogen and oxygen atoms in total. The van der Waals surface area contributed by atoms with Crippen molar-refractivity contribution in [2.45, 2.75) is 0 Å². The number of phenols is 5. The molecule has 0 amide bonds. The topological polar surface area (TPSA) is 605 Å². The molecule has 21 rings (SSSR count). The highest BCUT2D eigenvalue weighted by molar-refractivity contribution is 5.88. The molecule has 15 N–H and O–H groups in total. The number of H-pyrrole nitrogens is 2. The Balaban J connectivity index is 0.000000119. The molecule has 0 bridgehead atoms. The average molecular weight is 1800 g/mol. The summed E-state index contributed by atoms with van der Waals surface area (Å²) in [6.45, 7) is 0. The van der Waals surface area contributed by atoms with Gasteiger partial charge in [0.25, 0.3) is 5.56 Å². The van der Waals surface area contributed by atoms with Crippen molar-refractivity contribution in [1.82, 2.24) is 34.9 Å². The van der Waals surface area contributed by atoms with Gasteiger partial charge in [-0.2, -0.15) is 0 Å². The summed E-state index contributed by atoms with van der Waals surface area (Å²) in [5.41, 5.74) is 1.44. The second-order valence-corrected chi connectivity index (χ2v) is 28.5. The Kier molecular flexibility index (Phi) is 25.5. The Hall–Kier alpha value is -19.9. The molecule has 14 aromatic heterocycles. The monoisotopic (exact) mass is 1800 g/mol. The summed E-state index contributed by atoms with van der Waals surface area (Å²) in [6.07, 6.45) is 7.35. The van der Waals surface area contributed by atoms with Crippen LogP contribution in [-0.4, -0.2) is 101 Å². The van der Waals surface area contributed by atoms with E-state index in [1.165, 1.54) is 171 Å². The number of nitrogens with one attached hydrogen (secondary N) is 2. The number of pyridine rings is 7. The third-order valence-corrected chi connectivity index (χ3v) is 19.3. The summed E-state index contributed by atoms with van der Waals surface area (Å²) < 4.78 is 38.8. The lowest BCUT2D eigenvalue weighted by molar-refractivity contribution is 0.445. The van der Waals surface area contributed by atoms with E-state index in [2.05, 4.69) is 34.9 Å². The Bertz CT molecular complexity index is 8600. The van der Waals surface area contributed by atoms with Crippen molar-refractivity contribution < 1.29 is 97.3 Å². The van der Waals surface area contributed by atoms with E-state index in [1.807, 2.05) is 0 Å². The summed E-state index contributed by atoms with van der Waals surface area (Å²) in [7, 11) is 0. The van der Waals surface area contributed by atoms with Crippen LogP contribution in [-0.2, 0) is 0 Å². The SMILES string of the molecule is O=c1[nH]c(-c2cc(=O)c3ccccc3o2)ccc1O.O=c1cc(-c2cc(=O)c3c(O)cccc3o2)[nH]cc1O.O=c1cc(-c2ccc(O)cn2)oc2c(O)cccc12.O=c1cc(-c2ccc(O)cn2)oc2cc(O)ccc12.O=c1cc(-c2ccc(O)cn2)oc2ccc(O)cc12.O=c1cc(-c2ccc(O)cn2)oc2cccc(O)c12.O=c1cc(-c2ncc(O)cc2O)oc2ccccc12. The van der Waals surface area contributed by atoms with Crippen molar-refractivity contribution in [3.63, 3.8) is 0 Å². The van der Waals surface area contributed by atoms with E-state index in [1.54, 1.807) is 103 Å². The second-order valence-electron chi connectivity index (χ2n) is 28.5. The maximum absolute atomic E-state index is 12.0. The standard InChI is InChI=1S/C14H9NO5.6C14H9NO4/c16-8-2-1-3-12-14(8)10(18)5-13(20-12)7-4-9(17)11(19)6-15-7;16-8-2-4-13-10(5-8)12(18)6-14(19-13)11-3-1-9(17)7-15-11;16-8-1-3-10-12(18)6-14(19-13(10)5-8)11-4-2-9(17)7-15-11;16-8-4-5-9(15-7-8)13-6-11(18)14-10(17)2-1-3-12(14)19-13;16-8-4-5-10(15-7-8)13-6-12(18)9-2-1-3-11(17)14(9)19-13;16-8-5-11(18)14(15-7-8)13-6-10(17)9-3-1-2-4-12(9)19-13;16-10-6-5-9(15-14(10)18)13-7-11(17)8-3-1-2-4-12(8)19-13/h1-6,16,19H,(H,15,17);4*1-7,16-17H;1-7,16,18H;1-7,16H,(H,15,18). The fourth-order valence-corrected chi connectivity index (χ4v) is 12.9. The first-order valence-electron chi connectivity index (χ1n) is 39.1. The molecular formula is C98H63N7O29. The van der Waals surface area contributed by atoms with E-state index in [4.69, 9.17) is 30.9 Å². The number of nitrogens with zero attached hydrogens (tertiary/aromatic N) is 5. The molecule has 0 radical (unpaired) electrons. The fourth-order valence-electron chi connectivity index (χ4n) is 12.9. The summed E-state index contributed by atoms with van der Waals surface area (Å²) in [5, 5.41) is 124. The predicted molar refractivity (Wildman–Crippen MR) is 487 cm³/mol. The van der Waals surface area contributed by atoms with Crippen LogP contribution in [0.3, 0.4) is 0 Å². The van der Waals surface area contributed by atoms with Crippen LogP contribution in [0.5, 0.6) is 74.7 Å². The molecule has 664 valence electrons. The zero-order valence-electron chi connectivity index (χ0n) is 68.3. The zero-order chi connectivity index (χ0) is 94.7. The normalized spacial score (nSPS) is 10.7. The van der Waals surface area contributed by atoms with Crippen LogP contribution in [0.1, 0.15) is 0 Å². The van der Waals surface area contributed by atoms with Crippen LogP contribution in [0.15, 0.2) is 366 Å². The highest BCUT2D eigenvalue weighted by Crippen LogP contribution is 2.35. The van der Waals surface area contributed by atoms with Crippen molar-refractivity contribution in [3.8, 4) is 155 Å². The van der Waals surface area contributed by atoms with Gasteiger partial charge >= 0.3 is 0 Å². The summed E-state index contributed by atoms with van der Waals surface area (Å²) in [5.74, 6) is 0.209. The van der Waals surface area contributed by atoms with Crippen molar-refractivity contribution in [1.29, 1.82) is 0 Å². The van der Waals surface area contributed by atoms with Gasteiger partial charge in [-0.1, -0.05) is 42.5 Å².